The van der Waals surface area contributed by atoms with E-state index in [1.165, 1.54) is 4.52 Å². The molecule has 11 nitrogen and oxygen atoms in total. The number of aromatic nitrogens is 6. The molecule has 44 heavy (non-hydrogen) atoms. The van der Waals surface area contributed by atoms with E-state index in [9.17, 15) is 9.59 Å². The molecule has 6 rings (SSSR count). The van der Waals surface area contributed by atoms with Gasteiger partial charge in [-0.2, -0.15) is 5.10 Å². The van der Waals surface area contributed by atoms with Crippen molar-refractivity contribution in [3.63, 3.8) is 0 Å². The molecule has 0 spiro atoms. The van der Waals surface area contributed by atoms with E-state index in [0.29, 0.717) is 46.4 Å². The number of hydrogen-bond donors (Lipinski definition) is 2. The van der Waals surface area contributed by atoms with Gasteiger partial charge in [-0.3, -0.25) is 18.8 Å². The maximum absolute atomic E-state index is 14.3. The highest BCUT2D eigenvalue weighted by atomic mass is 16.5. The predicted octanol–water partition coefficient (Wildman–Crippen LogP) is 3.43. The highest BCUT2D eigenvalue weighted by Crippen LogP contribution is 2.24. The number of anilines is 1. The first-order valence-electron chi connectivity index (χ1n) is 14.0. The molecule has 3 N–H and O–H groups in total. The van der Waals surface area contributed by atoms with Crippen LogP contribution in [0.1, 0.15) is 45.8 Å². The Morgan fingerprint density at radius 1 is 1.09 bits per heavy atom. The fourth-order valence-corrected chi connectivity index (χ4v) is 5.31. The number of nitrogens with zero attached hydrogens (tertiary/aromatic N) is 6. The van der Waals surface area contributed by atoms with E-state index in [2.05, 4.69) is 32.3 Å². The second-order valence-electron chi connectivity index (χ2n) is 10.3. The number of nitrogens with one attached hydrogen (secondary N) is 1. The summed E-state index contributed by atoms with van der Waals surface area (Å²) >= 11 is 0. The van der Waals surface area contributed by atoms with Gasteiger partial charge >= 0.3 is 0 Å². The number of carbonyl (C=O) groups excluding carboxylic acids is 1. The summed E-state index contributed by atoms with van der Waals surface area (Å²) in [4.78, 5) is 32.1. The Morgan fingerprint density at radius 3 is 2.68 bits per heavy atom. The van der Waals surface area contributed by atoms with Gasteiger partial charge in [-0.05, 0) is 42.6 Å². The summed E-state index contributed by atoms with van der Waals surface area (Å²) in [5, 5.41) is 12.7. The minimum Gasteiger partial charge on any atom is -0.384 e. The SMILES string of the molecule is COCCc1c(C#Cc2cccc3cc([C@H](C)NC(=O)c4c(N)nn5cccnc45)n(-c4ccccc4)c(=O)c23)cnn1C. The van der Waals surface area contributed by atoms with Crippen molar-refractivity contribution < 1.29 is 9.53 Å². The lowest BCUT2D eigenvalue weighted by Gasteiger charge is -2.21. The average molecular weight is 587 g/mol. The van der Waals surface area contributed by atoms with Gasteiger partial charge in [0.25, 0.3) is 11.5 Å². The number of fused-ring (bicyclic) bond motifs is 2. The minimum atomic E-state index is -0.591. The van der Waals surface area contributed by atoms with E-state index >= 15 is 0 Å². The minimum absolute atomic E-state index is 0.0644. The Bertz CT molecular complexity index is 2130. The first-order chi connectivity index (χ1) is 21.4. The molecular weight excluding hydrogens is 556 g/mol. The largest absolute Gasteiger partial charge is 0.384 e. The molecule has 0 aliphatic carbocycles. The number of ether oxygens (including phenoxy) is 1. The molecule has 1 atom stereocenters. The standard InChI is InChI=1S/C33H30N8O3/c1-21(37-32(42)29-30(34)38-40-17-8-16-35-31(29)40)27-19-23-10-7-9-22(13-14-24-20-36-39(2)26(24)15-18-44-3)28(23)33(43)41(27)25-11-5-4-6-12-25/h4-12,16-17,19-21H,15,18H2,1-3H3,(H2,34,38)(H,37,42)/t21-/m0/s1. The number of hydrogen-bond acceptors (Lipinski definition) is 7. The molecule has 0 aliphatic heterocycles. The fourth-order valence-electron chi connectivity index (χ4n) is 5.31. The maximum Gasteiger partial charge on any atom is 0.264 e. The van der Waals surface area contributed by atoms with Crippen molar-refractivity contribution in [2.45, 2.75) is 19.4 Å². The van der Waals surface area contributed by atoms with Crippen LogP contribution in [0.3, 0.4) is 0 Å². The third kappa shape index (κ3) is 5.19. The molecule has 11 heteroatoms. The molecule has 0 unspecified atom stereocenters. The summed E-state index contributed by atoms with van der Waals surface area (Å²) in [6.45, 7) is 2.36. The van der Waals surface area contributed by atoms with Crippen molar-refractivity contribution in [3.8, 4) is 17.5 Å². The van der Waals surface area contributed by atoms with Crippen LogP contribution in [-0.2, 0) is 18.2 Å². The van der Waals surface area contributed by atoms with E-state index in [-0.39, 0.29) is 16.9 Å². The Balaban J connectivity index is 1.45. The van der Waals surface area contributed by atoms with Gasteiger partial charge in [0.2, 0.25) is 0 Å². The first-order valence-corrected chi connectivity index (χ1v) is 14.0. The number of pyridine rings is 1. The van der Waals surface area contributed by atoms with Crippen LogP contribution in [0.2, 0.25) is 0 Å². The molecule has 0 fully saturated rings. The third-order valence-corrected chi connectivity index (χ3v) is 7.47. The van der Waals surface area contributed by atoms with Gasteiger partial charge in [0.1, 0.15) is 5.56 Å². The van der Waals surface area contributed by atoms with E-state index in [1.807, 2.05) is 68.6 Å². The van der Waals surface area contributed by atoms with Gasteiger partial charge in [0.05, 0.1) is 35.5 Å². The lowest BCUT2D eigenvalue weighted by atomic mass is 10.0. The van der Waals surface area contributed by atoms with E-state index in [0.717, 1.165) is 11.3 Å². The molecule has 0 aliphatic rings. The number of nitrogen functional groups attached to an aromatic ring is 1. The maximum atomic E-state index is 14.3. The number of nitrogens with two attached hydrogens (primary N) is 1. The van der Waals surface area contributed by atoms with Crippen LogP contribution in [0, 0.1) is 11.8 Å². The lowest BCUT2D eigenvalue weighted by Crippen LogP contribution is -2.32. The monoisotopic (exact) mass is 586 g/mol. The molecule has 220 valence electrons. The van der Waals surface area contributed by atoms with Crippen LogP contribution in [0.4, 0.5) is 5.82 Å². The van der Waals surface area contributed by atoms with Crippen LogP contribution >= 0.6 is 0 Å². The van der Waals surface area contributed by atoms with Crippen LogP contribution < -0.4 is 16.6 Å². The smallest absolute Gasteiger partial charge is 0.264 e. The predicted molar refractivity (Wildman–Crippen MR) is 168 cm³/mol. The van der Waals surface area contributed by atoms with E-state index < -0.39 is 11.9 Å². The van der Waals surface area contributed by atoms with Crippen molar-refractivity contribution in [1.29, 1.82) is 0 Å². The van der Waals surface area contributed by atoms with Gasteiger partial charge in [0, 0.05) is 49.9 Å². The number of para-hydroxylation sites is 1. The van der Waals surface area contributed by atoms with Crippen LogP contribution in [0.15, 0.2) is 84.0 Å². The molecule has 2 aromatic carbocycles. The van der Waals surface area contributed by atoms with Crippen molar-refractivity contribution >= 4 is 28.1 Å². The zero-order valence-corrected chi connectivity index (χ0v) is 24.5. The summed E-state index contributed by atoms with van der Waals surface area (Å²) in [6.07, 6.45) is 5.63. The summed E-state index contributed by atoms with van der Waals surface area (Å²) in [5.74, 6) is 6.05. The molecule has 0 bridgehead atoms. The molecule has 0 saturated heterocycles. The molecule has 6 aromatic rings. The van der Waals surface area contributed by atoms with Crippen LogP contribution in [0.5, 0.6) is 0 Å². The quantitative estimate of drug-likeness (QED) is 0.274. The van der Waals surface area contributed by atoms with Gasteiger partial charge in [-0.15, -0.1) is 5.10 Å². The van der Waals surface area contributed by atoms with Gasteiger partial charge < -0.3 is 15.8 Å². The summed E-state index contributed by atoms with van der Waals surface area (Å²) in [7, 11) is 3.53. The number of methoxy groups -OCH3 is 1. The summed E-state index contributed by atoms with van der Waals surface area (Å²) in [5.41, 5.74) is 9.92. The number of amides is 1. The number of benzene rings is 2. The van der Waals surface area contributed by atoms with Crippen LogP contribution in [-0.4, -0.2) is 48.6 Å². The molecule has 4 heterocycles. The van der Waals surface area contributed by atoms with Crippen molar-refractivity contribution in [2.24, 2.45) is 7.05 Å². The molecule has 4 aromatic heterocycles. The van der Waals surface area contributed by atoms with E-state index in [4.69, 9.17) is 10.5 Å². The molecular formula is C33H30N8O3. The van der Waals surface area contributed by atoms with Crippen LogP contribution in [0.25, 0.3) is 22.1 Å². The van der Waals surface area contributed by atoms with Gasteiger partial charge in [-0.25, -0.2) is 9.50 Å². The highest BCUT2D eigenvalue weighted by Gasteiger charge is 2.24. The van der Waals surface area contributed by atoms with Gasteiger partial charge in [0.15, 0.2) is 11.5 Å². The normalized spacial score (nSPS) is 11.8. The van der Waals surface area contributed by atoms with E-state index in [1.54, 1.807) is 41.0 Å². The highest BCUT2D eigenvalue weighted by molar-refractivity contribution is 6.04. The third-order valence-electron chi connectivity index (χ3n) is 7.47. The second-order valence-corrected chi connectivity index (χ2v) is 10.3. The molecule has 0 saturated carbocycles. The molecule has 0 radical (unpaired) electrons. The summed E-state index contributed by atoms with van der Waals surface area (Å²) in [6, 6.07) is 17.9. The Hall–Kier alpha value is -5.73. The number of rotatable bonds is 7. The Morgan fingerprint density at radius 2 is 1.89 bits per heavy atom. The number of aryl methyl sites for hydroxylation is 1. The fraction of sp³-hybridized carbons (Fsp3) is 0.182. The zero-order valence-electron chi connectivity index (χ0n) is 24.5. The first kappa shape index (κ1) is 28.4. The van der Waals surface area contributed by atoms with Crippen molar-refractivity contribution in [2.75, 3.05) is 19.5 Å². The Labute approximate surface area is 252 Å². The topological polar surface area (TPSA) is 134 Å². The molecule has 1 amide bonds. The van der Waals surface area contributed by atoms with Crippen molar-refractivity contribution in [1.82, 2.24) is 34.3 Å². The summed E-state index contributed by atoms with van der Waals surface area (Å²) < 4.78 is 10.1. The van der Waals surface area contributed by atoms with Crippen molar-refractivity contribution in [3.05, 3.63) is 118 Å². The Kier molecular flexibility index (Phi) is 7.66. The number of carbonyl (C=O) groups is 1. The lowest BCUT2D eigenvalue weighted by molar-refractivity contribution is 0.0941. The zero-order chi connectivity index (χ0) is 30.8. The second kappa shape index (κ2) is 11.9. The van der Waals surface area contributed by atoms with Gasteiger partial charge in [-0.1, -0.05) is 42.2 Å². The average Bonchev–Trinajstić information content (AvgIpc) is 3.56.